The summed E-state index contributed by atoms with van der Waals surface area (Å²) in [6.07, 6.45) is 61.2. The summed E-state index contributed by atoms with van der Waals surface area (Å²) >= 11 is 0. The van der Waals surface area contributed by atoms with Crippen molar-refractivity contribution >= 4 is 25.7 Å². The van der Waals surface area contributed by atoms with E-state index in [0.29, 0.717) is 25.7 Å². The van der Waals surface area contributed by atoms with Crippen molar-refractivity contribution in [3.63, 3.8) is 0 Å². The van der Waals surface area contributed by atoms with Gasteiger partial charge in [-0.05, 0) is 109 Å². The average molecular weight is 1030 g/mol. The third kappa shape index (κ3) is 51.6. The Bertz CT molecular complexity index is 1530. The van der Waals surface area contributed by atoms with Crippen LogP contribution in [-0.2, 0) is 42.2 Å². The van der Waals surface area contributed by atoms with Crippen LogP contribution in [0.4, 0.5) is 0 Å². The van der Waals surface area contributed by atoms with Crippen molar-refractivity contribution < 1.29 is 52.2 Å². The zero-order valence-electron chi connectivity index (χ0n) is 45.6. The molecule has 0 rings (SSSR count). The Kier molecular flexibility index (Phi) is 51.4. The summed E-state index contributed by atoms with van der Waals surface area (Å²) in [7, 11) is -4.77. The van der Waals surface area contributed by atoms with Crippen LogP contribution in [-0.4, -0.2) is 66.5 Å². The van der Waals surface area contributed by atoms with Gasteiger partial charge in [-0.2, -0.15) is 0 Å². The zero-order chi connectivity index (χ0) is 52.7. The zero-order valence-corrected chi connectivity index (χ0v) is 46.5. The largest absolute Gasteiger partial charge is 0.472 e. The smallest absolute Gasteiger partial charge is 0.462 e. The van der Waals surface area contributed by atoms with Gasteiger partial charge in [0.1, 0.15) is 12.7 Å². The van der Waals surface area contributed by atoms with E-state index in [2.05, 4.69) is 93.7 Å². The van der Waals surface area contributed by atoms with Crippen LogP contribution in [0.5, 0.6) is 0 Å². The molecule has 12 heteroatoms. The summed E-state index contributed by atoms with van der Waals surface area (Å²) in [6.45, 7) is 4.43. The molecule has 0 aromatic carbocycles. The number of ether oxygens (including phenoxy) is 3. The first-order valence-electron chi connectivity index (χ1n) is 28.5. The lowest BCUT2D eigenvalue weighted by atomic mass is 10.1. The molecule has 0 aromatic heterocycles. The second kappa shape index (κ2) is 53.9. The number of phosphoric ester groups is 1. The summed E-state index contributed by atoms with van der Waals surface area (Å²) in [5, 5.41) is 9.81. The molecule has 0 fully saturated rings. The van der Waals surface area contributed by atoms with E-state index in [0.717, 1.165) is 109 Å². The van der Waals surface area contributed by atoms with Gasteiger partial charge in [-0.3, -0.25) is 23.4 Å². The average Bonchev–Trinajstić information content (AvgIpc) is 3.37. The van der Waals surface area contributed by atoms with Gasteiger partial charge in [0.05, 0.1) is 19.8 Å². The van der Waals surface area contributed by atoms with E-state index in [1.807, 2.05) is 12.2 Å². The monoisotopic (exact) mass is 1030 g/mol. The molecule has 414 valence electrons. The van der Waals surface area contributed by atoms with E-state index in [1.165, 1.54) is 64.2 Å². The molecular weight excluding hydrogens is 928 g/mol. The van der Waals surface area contributed by atoms with Crippen LogP contribution in [0.25, 0.3) is 0 Å². The third-order valence-corrected chi connectivity index (χ3v) is 12.7. The molecule has 0 spiro atoms. The van der Waals surface area contributed by atoms with Crippen LogP contribution in [0.15, 0.2) is 85.1 Å². The van der Waals surface area contributed by atoms with E-state index < -0.39 is 57.8 Å². The third-order valence-electron chi connectivity index (χ3n) is 11.8. The summed E-state index contributed by atoms with van der Waals surface area (Å²) in [6, 6.07) is 0. The normalized spacial score (nSPS) is 14.0. The minimum atomic E-state index is -4.77. The number of aliphatic hydroxyl groups excluding tert-OH is 1. The number of carbonyl (C=O) groups excluding carboxylic acids is 3. The lowest BCUT2D eigenvalue weighted by Crippen LogP contribution is -2.30. The molecule has 0 aliphatic carbocycles. The number of hydrogen-bond acceptors (Lipinski definition) is 10. The summed E-state index contributed by atoms with van der Waals surface area (Å²) in [5.41, 5.74) is 0. The van der Waals surface area contributed by atoms with E-state index in [1.54, 1.807) is 0 Å². The minimum absolute atomic E-state index is 0.0847. The molecular formula is C60H103O11P. The van der Waals surface area contributed by atoms with Crippen LogP contribution < -0.4 is 0 Å². The van der Waals surface area contributed by atoms with Crippen LogP contribution in [0.1, 0.15) is 239 Å². The van der Waals surface area contributed by atoms with Crippen LogP contribution in [0.3, 0.4) is 0 Å². The van der Waals surface area contributed by atoms with Crippen molar-refractivity contribution in [2.45, 2.75) is 251 Å². The number of esters is 3. The fourth-order valence-corrected chi connectivity index (χ4v) is 8.22. The van der Waals surface area contributed by atoms with Crippen LogP contribution in [0, 0.1) is 0 Å². The first kappa shape index (κ1) is 68.7. The Labute approximate surface area is 439 Å². The lowest BCUT2D eigenvalue weighted by Gasteiger charge is -2.21. The Morgan fingerprint density at radius 3 is 1.19 bits per heavy atom. The second-order valence-corrected chi connectivity index (χ2v) is 20.2. The fraction of sp³-hybridized carbons (Fsp3) is 0.717. The molecule has 72 heavy (non-hydrogen) atoms. The Hall–Kier alpha value is -3.34. The summed E-state index contributed by atoms with van der Waals surface area (Å²) < 4.78 is 39.4. The van der Waals surface area contributed by atoms with Crippen LogP contribution in [0.2, 0.25) is 0 Å². The van der Waals surface area contributed by atoms with Gasteiger partial charge in [0.15, 0.2) is 6.10 Å². The van der Waals surface area contributed by atoms with E-state index in [4.69, 9.17) is 23.3 Å². The number of allylic oxidation sites excluding steroid dienone is 14. The van der Waals surface area contributed by atoms with Crippen molar-refractivity contribution in [2.24, 2.45) is 0 Å². The fourth-order valence-electron chi connectivity index (χ4n) is 7.44. The topological polar surface area (TPSA) is 155 Å². The molecule has 0 heterocycles. The van der Waals surface area contributed by atoms with Gasteiger partial charge < -0.3 is 24.2 Å². The number of unbranched alkanes of at least 4 members (excludes halogenated alkanes) is 21. The Balaban J connectivity index is 4.82. The number of rotatable bonds is 52. The van der Waals surface area contributed by atoms with Crippen LogP contribution >= 0.6 is 7.82 Å². The molecule has 0 amide bonds. The van der Waals surface area contributed by atoms with Crippen molar-refractivity contribution in [3.8, 4) is 0 Å². The van der Waals surface area contributed by atoms with Gasteiger partial charge in [0.2, 0.25) is 0 Å². The molecule has 0 aromatic rings. The lowest BCUT2D eigenvalue weighted by molar-refractivity contribution is -0.161. The highest BCUT2D eigenvalue weighted by atomic mass is 31.2. The van der Waals surface area contributed by atoms with Gasteiger partial charge >= 0.3 is 25.7 Å². The van der Waals surface area contributed by atoms with Gasteiger partial charge in [-0.15, -0.1) is 0 Å². The van der Waals surface area contributed by atoms with Crippen molar-refractivity contribution in [1.29, 1.82) is 0 Å². The molecule has 0 saturated carbocycles. The molecule has 11 nitrogen and oxygen atoms in total. The predicted molar refractivity (Wildman–Crippen MR) is 298 cm³/mol. The van der Waals surface area contributed by atoms with E-state index in [-0.39, 0.29) is 25.9 Å². The van der Waals surface area contributed by atoms with Crippen molar-refractivity contribution in [1.82, 2.24) is 0 Å². The quantitative estimate of drug-likeness (QED) is 0.0197. The number of phosphoric acid groups is 1. The molecule has 0 aliphatic rings. The molecule has 0 saturated heterocycles. The molecule has 0 radical (unpaired) electrons. The van der Waals surface area contributed by atoms with E-state index in [9.17, 15) is 28.9 Å². The molecule has 0 aliphatic heterocycles. The summed E-state index contributed by atoms with van der Waals surface area (Å²) in [5.74, 6) is -1.56. The molecule has 2 N–H and O–H groups in total. The standard InChI is InChI=1S/C60H103O11P/c1-4-7-10-13-16-19-22-25-27-28-30-33-36-39-42-45-48-51-60(64)71-57(53-67-58(62)49-46-43-40-37-34-31-24-21-18-15-12-9-6-3)55-69-72(65,66)68-54-56(52-61)70-59(63)50-47-44-41-38-35-32-29-26-23-20-17-14-11-8-5-2/h7,10,16,19,21,24-27,29-30,33,39,42,56-57,61H,4-6,8-9,11-15,17-18,20,22-23,28,31-32,34-38,40-41,43-55H2,1-3H3,(H,65,66)/b10-7-,19-16-,24-21-,27-25-,29-26-,33-30-,42-39-. The maximum atomic E-state index is 12.9. The highest BCUT2D eigenvalue weighted by Crippen LogP contribution is 2.43. The van der Waals surface area contributed by atoms with Crippen molar-refractivity contribution in [2.75, 3.05) is 26.4 Å². The number of carbonyl (C=O) groups is 3. The first-order valence-corrected chi connectivity index (χ1v) is 30.0. The maximum Gasteiger partial charge on any atom is 0.472 e. The van der Waals surface area contributed by atoms with Gasteiger partial charge in [0, 0.05) is 19.3 Å². The second-order valence-electron chi connectivity index (χ2n) is 18.7. The van der Waals surface area contributed by atoms with Crippen molar-refractivity contribution in [3.05, 3.63) is 85.1 Å². The van der Waals surface area contributed by atoms with Gasteiger partial charge in [0.25, 0.3) is 0 Å². The highest BCUT2D eigenvalue weighted by Gasteiger charge is 2.28. The van der Waals surface area contributed by atoms with Gasteiger partial charge in [-0.1, -0.05) is 196 Å². The number of hydrogen-bond donors (Lipinski definition) is 2. The molecule has 0 bridgehead atoms. The SMILES string of the molecule is CC/C=C\C/C=C\C/C=C\C/C=C\C/C=C\CCCC(=O)OC(COC(=O)CCCCCCC/C=C\CCCCCC)COP(=O)(O)OCC(CO)OC(=O)CCCCCCC/C=C\CCCCCCCC. The summed E-state index contributed by atoms with van der Waals surface area (Å²) in [4.78, 5) is 48.5. The number of aliphatic hydroxyl groups is 1. The highest BCUT2D eigenvalue weighted by molar-refractivity contribution is 7.47. The minimum Gasteiger partial charge on any atom is -0.462 e. The Morgan fingerprint density at radius 1 is 0.403 bits per heavy atom. The Morgan fingerprint density at radius 2 is 0.736 bits per heavy atom. The maximum absolute atomic E-state index is 12.9. The molecule has 3 unspecified atom stereocenters. The van der Waals surface area contributed by atoms with Gasteiger partial charge in [-0.25, -0.2) is 4.57 Å². The first-order chi connectivity index (χ1) is 35.2. The van der Waals surface area contributed by atoms with E-state index >= 15 is 0 Å². The molecule has 3 atom stereocenters. The predicted octanol–water partition coefficient (Wildman–Crippen LogP) is 16.7.